The molecule has 1 aromatic rings. The van der Waals surface area contributed by atoms with E-state index in [1.165, 1.54) is 25.0 Å². The van der Waals surface area contributed by atoms with E-state index in [1.54, 1.807) is 11.9 Å². The van der Waals surface area contributed by atoms with Gasteiger partial charge in [-0.05, 0) is 36.5 Å². The molecule has 1 saturated carbocycles. The van der Waals surface area contributed by atoms with Crippen molar-refractivity contribution < 1.29 is 13.5 Å². The minimum absolute atomic E-state index is 0.0136. The third kappa shape index (κ3) is 4.14. The lowest BCUT2D eigenvalue weighted by atomic mass is 10.2. The van der Waals surface area contributed by atoms with Gasteiger partial charge in [0.2, 0.25) is 0 Å². The number of nitrogens with zero attached hydrogens (tertiary/aromatic N) is 1. The van der Waals surface area contributed by atoms with Crippen LogP contribution in [0.4, 0.5) is 14.5 Å². The molecular weight excluding hydrogens is 316 g/mol. The quantitative estimate of drug-likeness (QED) is 0.557. The number of anilines is 1. The fraction of sp³-hybridized carbons (Fsp3) is 0.571. The maximum absolute atomic E-state index is 13.9. The fourth-order valence-electron chi connectivity index (χ4n) is 1.91. The van der Waals surface area contributed by atoms with Gasteiger partial charge in [0.05, 0.1) is 6.61 Å². The van der Waals surface area contributed by atoms with Crippen molar-refractivity contribution in [2.75, 3.05) is 31.7 Å². The van der Waals surface area contributed by atoms with Crippen molar-refractivity contribution in [1.82, 2.24) is 0 Å². The minimum atomic E-state index is -0.529. The zero-order valence-electron chi connectivity index (χ0n) is 11.0. The molecule has 1 fully saturated rings. The summed E-state index contributed by atoms with van der Waals surface area (Å²) < 4.78 is 33.2. The summed E-state index contributed by atoms with van der Waals surface area (Å²) >= 11 is 3.19. The summed E-state index contributed by atoms with van der Waals surface area (Å²) in [6, 6.07) is 2.71. The van der Waals surface area contributed by atoms with E-state index in [1.807, 2.05) is 0 Å². The Morgan fingerprint density at radius 1 is 1.32 bits per heavy atom. The van der Waals surface area contributed by atoms with Gasteiger partial charge in [0.25, 0.3) is 0 Å². The molecular formula is C14H18BrF2NO. The Morgan fingerprint density at radius 2 is 1.95 bits per heavy atom. The molecule has 2 rings (SSSR count). The van der Waals surface area contributed by atoms with Crippen LogP contribution in [0.1, 0.15) is 18.4 Å². The molecule has 0 aliphatic heterocycles. The number of rotatable bonds is 7. The minimum Gasteiger partial charge on any atom is -0.379 e. The molecule has 19 heavy (non-hydrogen) atoms. The van der Waals surface area contributed by atoms with Crippen molar-refractivity contribution in [3.8, 4) is 0 Å². The van der Waals surface area contributed by atoms with Gasteiger partial charge in [-0.15, -0.1) is 0 Å². The Balaban J connectivity index is 1.91. The zero-order valence-corrected chi connectivity index (χ0v) is 12.6. The molecule has 0 bridgehead atoms. The first-order valence-corrected chi connectivity index (χ1v) is 7.56. The normalized spacial score (nSPS) is 14.7. The van der Waals surface area contributed by atoms with E-state index in [4.69, 9.17) is 4.74 Å². The molecule has 0 N–H and O–H groups in total. The van der Waals surface area contributed by atoms with Gasteiger partial charge in [-0.2, -0.15) is 0 Å². The predicted octanol–water partition coefficient (Wildman–Crippen LogP) is 3.72. The van der Waals surface area contributed by atoms with Crippen molar-refractivity contribution in [3.05, 3.63) is 29.3 Å². The van der Waals surface area contributed by atoms with Crippen LogP contribution in [-0.2, 0) is 10.1 Å². The van der Waals surface area contributed by atoms with Crippen LogP contribution >= 0.6 is 15.9 Å². The van der Waals surface area contributed by atoms with Crippen molar-refractivity contribution in [3.63, 3.8) is 0 Å². The monoisotopic (exact) mass is 333 g/mol. The Bertz CT molecular complexity index is 414. The van der Waals surface area contributed by atoms with Crippen LogP contribution in [0.2, 0.25) is 0 Å². The third-order valence-corrected chi connectivity index (χ3v) is 3.88. The Hall–Kier alpha value is -0.680. The molecule has 0 heterocycles. The van der Waals surface area contributed by atoms with Gasteiger partial charge in [0, 0.05) is 25.5 Å². The van der Waals surface area contributed by atoms with Crippen LogP contribution in [0.25, 0.3) is 0 Å². The molecule has 0 saturated heterocycles. The smallest absolute Gasteiger partial charge is 0.149 e. The number of ether oxygens (including phenoxy) is 1. The zero-order chi connectivity index (χ0) is 13.8. The molecule has 5 heteroatoms. The third-order valence-electron chi connectivity index (χ3n) is 3.23. The summed E-state index contributed by atoms with van der Waals surface area (Å²) in [5.41, 5.74) is 0.608. The fourth-order valence-corrected chi connectivity index (χ4v) is 2.23. The Kier molecular flexibility index (Phi) is 5.16. The van der Waals surface area contributed by atoms with Gasteiger partial charge in [-0.3, -0.25) is 0 Å². The lowest BCUT2D eigenvalue weighted by molar-refractivity contribution is 0.130. The highest BCUT2D eigenvalue weighted by Gasteiger charge is 2.21. The Labute approximate surface area is 120 Å². The van der Waals surface area contributed by atoms with E-state index < -0.39 is 11.6 Å². The van der Waals surface area contributed by atoms with Gasteiger partial charge in [-0.25, -0.2) is 8.78 Å². The molecule has 106 valence electrons. The first-order valence-electron chi connectivity index (χ1n) is 6.44. The topological polar surface area (TPSA) is 12.5 Å². The molecule has 1 aliphatic carbocycles. The highest BCUT2D eigenvalue weighted by Crippen LogP contribution is 2.29. The summed E-state index contributed by atoms with van der Waals surface area (Å²) in [5.74, 6) is -0.352. The van der Waals surface area contributed by atoms with E-state index in [0.717, 1.165) is 6.61 Å². The van der Waals surface area contributed by atoms with Crippen LogP contribution in [0.3, 0.4) is 0 Å². The number of halogens is 3. The van der Waals surface area contributed by atoms with Gasteiger partial charge in [0.1, 0.15) is 17.3 Å². The molecule has 0 unspecified atom stereocenters. The van der Waals surface area contributed by atoms with Crippen molar-refractivity contribution in [2.24, 2.45) is 5.92 Å². The number of hydrogen-bond donors (Lipinski definition) is 0. The Morgan fingerprint density at radius 3 is 2.47 bits per heavy atom. The largest absolute Gasteiger partial charge is 0.379 e. The summed E-state index contributed by atoms with van der Waals surface area (Å²) in [4.78, 5) is 1.57. The first kappa shape index (κ1) is 14.7. The maximum atomic E-state index is 13.9. The summed E-state index contributed by atoms with van der Waals surface area (Å²) in [7, 11) is 1.68. The highest BCUT2D eigenvalue weighted by molar-refractivity contribution is 9.08. The number of likely N-dealkylation sites (N-methyl/N-ethyl adjacent to an activating group) is 1. The van der Waals surface area contributed by atoms with E-state index in [0.29, 0.717) is 30.0 Å². The molecule has 0 radical (unpaired) electrons. The number of benzene rings is 1. The van der Waals surface area contributed by atoms with E-state index in [2.05, 4.69) is 15.9 Å². The van der Waals surface area contributed by atoms with Crippen LogP contribution < -0.4 is 4.90 Å². The van der Waals surface area contributed by atoms with Crippen LogP contribution in [0.5, 0.6) is 0 Å². The first-order chi connectivity index (χ1) is 9.11. The average molecular weight is 334 g/mol. The van der Waals surface area contributed by atoms with Gasteiger partial charge >= 0.3 is 0 Å². The second-order valence-corrected chi connectivity index (χ2v) is 5.54. The van der Waals surface area contributed by atoms with E-state index >= 15 is 0 Å². The molecule has 0 aromatic heterocycles. The SMILES string of the molecule is CN(CCOCC1CC1)c1c(F)cc(CBr)cc1F. The summed E-state index contributed by atoms with van der Waals surface area (Å²) in [6.07, 6.45) is 2.49. The molecule has 0 amide bonds. The standard InChI is InChI=1S/C14H18BrF2NO/c1-18(4-5-19-9-10-2-3-10)14-12(16)6-11(8-15)7-13(14)17/h6-7,10H,2-5,8-9H2,1H3. The summed E-state index contributed by atoms with van der Waals surface area (Å²) in [6.45, 7) is 1.74. The summed E-state index contributed by atoms with van der Waals surface area (Å²) in [5, 5.41) is 0.440. The van der Waals surface area contributed by atoms with E-state index in [9.17, 15) is 8.78 Å². The molecule has 2 nitrogen and oxygen atoms in total. The van der Waals surface area contributed by atoms with Crippen LogP contribution in [-0.4, -0.2) is 26.8 Å². The highest BCUT2D eigenvalue weighted by atomic mass is 79.9. The molecule has 1 aliphatic rings. The van der Waals surface area contributed by atoms with Gasteiger partial charge < -0.3 is 9.64 Å². The number of alkyl halides is 1. The van der Waals surface area contributed by atoms with E-state index in [-0.39, 0.29) is 5.69 Å². The second kappa shape index (κ2) is 6.66. The predicted molar refractivity (Wildman–Crippen MR) is 75.8 cm³/mol. The van der Waals surface area contributed by atoms with Gasteiger partial charge in [0.15, 0.2) is 0 Å². The number of hydrogen-bond acceptors (Lipinski definition) is 2. The van der Waals surface area contributed by atoms with Crippen LogP contribution in [0.15, 0.2) is 12.1 Å². The second-order valence-electron chi connectivity index (χ2n) is 4.98. The van der Waals surface area contributed by atoms with Crippen LogP contribution in [0, 0.1) is 17.6 Å². The van der Waals surface area contributed by atoms with Gasteiger partial charge in [-0.1, -0.05) is 15.9 Å². The van der Waals surface area contributed by atoms with Crippen molar-refractivity contribution >= 4 is 21.6 Å². The maximum Gasteiger partial charge on any atom is 0.149 e. The molecule has 1 aromatic carbocycles. The lowest BCUT2D eigenvalue weighted by Crippen LogP contribution is -2.25. The molecule has 0 spiro atoms. The van der Waals surface area contributed by atoms with Crippen molar-refractivity contribution in [1.29, 1.82) is 0 Å². The lowest BCUT2D eigenvalue weighted by Gasteiger charge is -2.21. The van der Waals surface area contributed by atoms with Crippen molar-refractivity contribution in [2.45, 2.75) is 18.2 Å². The molecule has 0 atom stereocenters. The average Bonchev–Trinajstić information content (AvgIpc) is 3.17.